The first-order chi connectivity index (χ1) is 10.1. The predicted molar refractivity (Wildman–Crippen MR) is 84.8 cm³/mol. The minimum Gasteiger partial charge on any atom is -0.278 e. The molecule has 0 spiro atoms. The summed E-state index contributed by atoms with van der Waals surface area (Å²) in [7, 11) is -8.07. The SMILES string of the molecule is Cc1ccc(S(=O)(=O)Nc2ccc(Cl)cc2S(N)(=O)=O)cc1. The molecule has 0 aliphatic rings. The van der Waals surface area contributed by atoms with Gasteiger partial charge in [-0.1, -0.05) is 29.3 Å². The van der Waals surface area contributed by atoms with Crippen molar-refractivity contribution < 1.29 is 16.8 Å². The van der Waals surface area contributed by atoms with Crippen molar-refractivity contribution in [2.75, 3.05) is 4.72 Å². The number of aryl methyl sites for hydroxylation is 1. The van der Waals surface area contributed by atoms with Crippen molar-refractivity contribution in [3.8, 4) is 0 Å². The average Bonchev–Trinajstić information content (AvgIpc) is 2.40. The molecule has 0 amide bonds. The zero-order chi connectivity index (χ0) is 16.5. The molecule has 2 aromatic rings. The van der Waals surface area contributed by atoms with Gasteiger partial charge in [0.2, 0.25) is 10.0 Å². The van der Waals surface area contributed by atoms with Crippen LogP contribution in [-0.2, 0) is 20.0 Å². The molecular formula is C13H13ClN2O4S2. The van der Waals surface area contributed by atoms with Crippen LogP contribution in [0.5, 0.6) is 0 Å². The fraction of sp³-hybridized carbons (Fsp3) is 0.0769. The van der Waals surface area contributed by atoms with E-state index < -0.39 is 24.9 Å². The lowest BCUT2D eigenvalue weighted by Gasteiger charge is -2.12. The third-order valence-electron chi connectivity index (χ3n) is 2.83. The monoisotopic (exact) mass is 360 g/mol. The summed E-state index contributed by atoms with van der Waals surface area (Å²) >= 11 is 5.73. The molecule has 0 radical (unpaired) electrons. The lowest BCUT2D eigenvalue weighted by atomic mass is 10.2. The number of hydrogen-bond acceptors (Lipinski definition) is 4. The molecule has 0 aromatic heterocycles. The second-order valence-electron chi connectivity index (χ2n) is 4.60. The van der Waals surface area contributed by atoms with E-state index >= 15 is 0 Å². The fourth-order valence-corrected chi connectivity index (χ4v) is 3.83. The lowest BCUT2D eigenvalue weighted by molar-refractivity contribution is 0.598. The number of hydrogen-bond donors (Lipinski definition) is 2. The molecule has 2 rings (SSSR count). The molecule has 0 unspecified atom stereocenters. The highest BCUT2D eigenvalue weighted by molar-refractivity contribution is 7.93. The summed E-state index contributed by atoms with van der Waals surface area (Å²) < 4.78 is 49.9. The van der Waals surface area contributed by atoms with E-state index in [9.17, 15) is 16.8 Å². The van der Waals surface area contributed by atoms with Gasteiger partial charge in [-0.05, 0) is 37.3 Å². The third kappa shape index (κ3) is 3.77. The highest BCUT2D eigenvalue weighted by Gasteiger charge is 2.20. The van der Waals surface area contributed by atoms with E-state index in [0.717, 1.165) is 11.6 Å². The fourth-order valence-electron chi connectivity index (χ4n) is 1.74. The van der Waals surface area contributed by atoms with Crippen molar-refractivity contribution >= 4 is 37.3 Å². The largest absolute Gasteiger partial charge is 0.278 e. The van der Waals surface area contributed by atoms with Gasteiger partial charge >= 0.3 is 0 Å². The summed E-state index contributed by atoms with van der Waals surface area (Å²) in [5.41, 5.74) is 0.739. The Hall–Kier alpha value is -1.61. The molecule has 0 heterocycles. The average molecular weight is 361 g/mol. The van der Waals surface area contributed by atoms with Gasteiger partial charge in [-0.15, -0.1) is 0 Å². The van der Waals surface area contributed by atoms with Gasteiger partial charge in [0.1, 0.15) is 4.90 Å². The van der Waals surface area contributed by atoms with Crippen LogP contribution in [0.15, 0.2) is 52.3 Å². The number of halogens is 1. The smallest absolute Gasteiger partial charge is 0.261 e. The van der Waals surface area contributed by atoms with Crippen LogP contribution >= 0.6 is 11.6 Å². The van der Waals surface area contributed by atoms with Crippen LogP contribution in [-0.4, -0.2) is 16.8 Å². The zero-order valence-corrected chi connectivity index (χ0v) is 13.8. The maximum Gasteiger partial charge on any atom is 0.261 e. The number of primary sulfonamides is 1. The van der Waals surface area contributed by atoms with E-state index in [1.165, 1.54) is 24.3 Å². The first-order valence-corrected chi connectivity index (χ1v) is 9.42. The van der Waals surface area contributed by atoms with Crippen LogP contribution in [0.25, 0.3) is 0 Å². The number of sulfonamides is 2. The highest BCUT2D eigenvalue weighted by Crippen LogP contribution is 2.26. The highest BCUT2D eigenvalue weighted by atomic mass is 35.5. The van der Waals surface area contributed by atoms with Gasteiger partial charge in [0.15, 0.2) is 0 Å². The van der Waals surface area contributed by atoms with Crippen LogP contribution in [0.4, 0.5) is 5.69 Å². The Kier molecular flexibility index (Phi) is 4.48. The summed E-state index contributed by atoms with van der Waals surface area (Å²) in [5.74, 6) is 0. The van der Waals surface area contributed by atoms with Gasteiger partial charge in [0, 0.05) is 5.02 Å². The lowest BCUT2D eigenvalue weighted by Crippen LogP contribution is -2.18. The Morgan fingerprint density at radius 1 is 1.00 bits per heavy atom. The van der Waals surface area contributed by atoms with Crippen molar-refractivity contribution in [2.45, 2.75) is 16.7 Å². The van der Waals surface area contributed by atoms with E-state index in [1.54, 1.807) is 12.1 Å². The second kappa shape index (κ2) is 5.88. The Morgan fingerprint density at radius 2 is 1.59 bits per heavy atom. The van der Waals surface area contributed by atoms with Crippen LogP contribution < -0.4 is 9.86 Å². The van der Waals surface area contributed by atoms with Crippen LogP contribution in [0.1, 0.15) is 5.56 Å². The molecule has 0 fully saturated rings. The summed E-state index contributed by atoms with van der Waals surface area (Å²) in [5, 5.41) is 5.21. The van der Waals surface area contributed by atoms with E-state index in [4.69, 9.17) is 16.7 Å². The molecule has 0 aliphatic carbocycles. The van der Waals surface area contributed by atoms with Crippen LogP contribution in [0, 0.1) is 6.92 Å². The molecule has 0 saturated heterocycles. The van der Waals surface area contributed by atoms with Crippen LogP contribution in [0.2, 0.25) is 5.02 Å². The summed E-state index contributed by atoms with van der Waals surface area (Å²) in [4.78, 5) is -0.385. The van der Waals surface area contributed by atoms with E-state index in [2.05, 4.69) is 4.72 Å². The minimum absolute atomic E-state index is 0.00780. The minimum atomic E-state index is -4.13. The van der Waals surface area contributed by atoms with Crippen molar-refractivity contribution in [2.24, 2.45) is 5.14 Å². The van der Waals surface area contributed by atoms with Gasteiger partial charge < -0.3 is 0 Å². The van der Waals surface area contributed by atoms with Crippen LogP contribution in [0.3, 0.4) is 0 Å². The molecule has 2 aromatic carbocycles. The third-order valence-corrected chi connectivity index (χ3v) is 5.39. The number of benzene rings is 2. The summed E-state index contributed by atoms with van der Waals surface area (Å²) in [6, 6.07) is 9.81. The van der Waals surface area contributed by atoms with Gasteiger partial charge in [0.05, 0.1) is 10.6 Å². The number of nitrogens with two attached hydrogens (primary N) is 1. The number of nitrogens with one attached hydrogen (secondary N) is 1. The molecule has 0 aliphatic heterocycles. The Morgan fingerprint density at radius 3 is 2.14 bits per heavy atom. The van der Waals surface area contributed by atoms with E-state index in [0.29, 0.717) is 0 Å². The van der Waals surface area contributed by atoms with Crippen molar-refractivity contribution in [3.05, 3.63) is 53.1 Å². The molecule has 22 heavy (non-hydrogen) atoms. The van der Waals surface area contributed by atoms with Gasteiger partial charge in [-0.2, -0.15) is 0 Å². The van der Waals surface area contributed by atoms with Gasteiger partial charge in [-0.3, -0.25) is 4.72 Å². The maximum absolute atomic E-state index is 12.3. The summed E-state index contributed by atoms with van der Waals surface area (Å²) in [6.07, 6.45) is 0. The number of anilines is 1. The molecule has 0 atom stereocenters. The predicted octanol–water partition coefficient (Wildman–Crippen LogP) is 2.10. The standard InChI is InChI=1S/C13H13ClN2O4S2/c1-9-2-5-11(6-3-9)22(19,20)16-12-7-4-10(14)8-13(12)21(15,17)18/h2-8,16H,1H3,(H2,15,17,18). The zero-order valence-electron chi connectivity index (χ0n) is 11.4. The van der Waals surface area contributed by atoms with Crippen molar-refractivity contribution in [1.82, 2.24) is 0 Å². The van der Waals surface area contributed by atoms with Gasteiger partial charge in [-0.25, -0.2) is 22.0 Å². The topological polar surface area (TPSA) is 106 Å². The molecule has 118 valence electrons. The maximum atomic E-state index is 12.3. The molecule has 9 heteroatoms. The van der Waals surface area contributed by atoms with E-state index in [-0.39, 0.29) is 15.6 Å². The molecule has 0 saturated carbocycles. The Balaban J connectivity index is 2.49. The molecule has 0 bridgehead atoms. The Bertz CT molecular complexity index is 908. The van der Waals surface area contributed by atoms with Crippen molar-refractivity contribution in [3.63, 3.8) is 0 Å². The van der Waals surface area contributed by atoms with Gasteiger partial charge in [0.25, 0.3) is 10.0 Å². The first-order valence-electron chi connectivity index (χ1n) is 6.01. The number of rotatable bonds is 4. The second-order valence-corrected chi connectivity index (χ2v) is 8.25. The quantitative estimate of drug-likeness (QED) is 0.870. The molecule has 6 nitrogen and oxygen atoms in total. The van der Waals surface area contributed by atoms with Crippen molar-refractivity contribution in [1.29, 1.82) is 0 Å². The Labute approximate surface area is 134 Å². The normalized spacial score (nSPS) is 12.1. The van der Waals surface area contributed by atoms with E-state index in [1.807, 2.05) is 6.92 Å². The molecular weight excluding hydrogens is 348 g/mol. The first kappa shape index (κ1) is 16.8. The molecule has 3 N–H and O–H groups in total. The summed E-state index contributed by atoms with van der Waals surface area (Å²) in [6.45, 7) is 1.82.